The molecule has 1 saturated heterocycles. The van der Waals surface area contributed by atoms with Gasteiger partial charge in [0.15, 0.2) is 6.10 Å². The van der Waals surface area contributed by atoms with Crippen molar-refractivity contribution in [2.24, 2.45) is 13.0 Å². The summed E-state index contributed by atoms with van der Waals surface area (Å²) >= 11 is 6.48. The molecule has 4 rings (SSSR count). The number of alkyl carbamates (subject to hydrolysis) is 1. The predicted molar refractivity (Wildman–Crippen MR) is 116 cm³/mol. The van der Waals surface area contributed by atoms with Crippen LogP contribution in [-0.4, -0.2) is 39.7 Å². The molecule has 2 atom stereocenters. The molecule has 0 bridgehead atoms. The second-order valence-electron chi connectivity index (χ2n) is 7.95. The number of halogens is 1. The molecule has 2 unspecified atom stereocenters. The van der Waals surface area contributed by atoms with Gasteiger partial charge in [-0.3, -0.25) is 10.1 Å². The van der Waals surface area contributed by atoms with E-state index in [4.69, 9.17) is 26.1 Å². The Morgan fingerprint density at radius 1 is 1.29 bits per heavy atom. The number of methoxy groups -OCH3 is 1. The van der Waals surface area contributed by atoms with Crippen LogP contribution in [0.4, 0.5) is 4.79 Å². The number of pyridine rings is 1. The molecule has 8 nitrogen and oxygen atoms in total. The van der Waals surface area contributed by atoms with E-state index in [1.54, 1.807) is 13.4 Å². The van der Waals surface area contributed by atoms with E-state index in [2.05, 4.69) is 10.3 Å². The fraction of sp³-hybridized carbons (Fsp3) is 0.364. The summed E-state index contributed by atoms with van der Waals surface area (Å²) in [7, 11) is 3.45. The number of hydrogen-bond donors (Lipinski definition) is 1. The second-order valence-corrected chi connectivity index (χ2v) is 8.35. The fourth-order valence-corrected chi connectivity index (χ4v) is 4.33. The van der Waals surface area contributed by atoms with Crippen LogP contribution < -0.4 is 10.1 Å². The van der Waals surface area contributed by atoms with Gasteiger partial charge in [-0.25, -0.2) is 14.8 Å². The van der Waals surface area contributed by atoms with E-state index in [1.807, 2.05) is 49.7 Å². The molecule has 0 radical (unpaired) electrons. The number of imidazole rings is 1. The van der Waals surface area contributed by atoms with Crippen LogP contribution in [0.15, 0.2) is 30.6 Å². The van der Waals surface area contributed by atoms with Crippen molar-refractivity contribution in [1.82, 2.24) is 19.9 Å². The minimum absolute atomic E-state index is 0.0972. The molecule has 31 heavy (non-hydrogen) atoms. The largest absolute Gasteiger partial charge is 0.481 e. The van der Waals surface area contributed by atoms with E-state index < -0.39 is 18.1 Å². The van der Waals surface area contributed by atoms with Gasteiger partial charge in [-0.2, -0.15) is 0 Å². The minimum Gasteiger partial charge on any atom is -0.481 e. The maximum atomic E-state index is 12.0. The van der Waals surface area contributed by atoms with Gasteiger partial charge in [0.25, 0.3) is 5.91 Å². The molecule has 2 amide bonds. The average molecular weight is 443 g/mol. The van der Waals surface area contributed by atoms with Crippen LogP contribution in [0.5, 0.6) is 5.88 Å². The molecule has 0 saturated carbocycles. The number of imide groups is 1. The Bertz CT molecular complexity index is 1170. The van der Waals surface area contributed by atoms with Crippen LogP contribution in [-0.2, 0) is 16.6 Å². The zero-order chi connectivity index (χ0) is 22.3. The van der Waals surface area contributed by atoms with E-state index in [0.29, 0.717) is 23.0 Å². The molecular weight excluding hydrogens is 420 g/mol. The van der Waals surface area contributed by atoms with Gasteiger partial charge in [0.1, 0.15) is 0 Å². The number of benzene rings is 1. The Kier molecular flexibility index (Phi) is 5.58. The van der Waals surface area contributed by atoms with Gasteiger partial charge in [-0.1, -0.05) is 31.5 Å². The summed E-state index contributed by atoms with van der Waals surface area (Å²) in [6.07, 6.45) is 0.532. The van der Waals surface area contributed by atoms with Gasteiger partial charge in [-0.15, -0.1) is 0 Å². The van der Waals surface area contributed by atoms with Gasteiger partial charge in [-0.05, 0) is 30.0 Å². The SMILES string of the molecule is COc1nc(-c2cc(Cl)c3c(c2)ncn3C)ccc1C(CC1OC(=O)NC1=O)C(C)C. The number of ether oxygens (including phenoxy) is 2. The normalized spacial score (nSPS) is 17.2. The van der Waals surface area contributed by atoms with Gasteiger partial charge >= 0.3 is 6.09 Å². The van der Waals surface area contributed by atoms with Crippen molar-refractivity contribution in [1.29, 1.82) is 0 Å². The lowest BCUT2D eigenvalue weighted by Crippen LogP contribution is -2.27. The summed E-state index contributed by atoms with van der Waals surface area (Å²) < 4.78 is 12.6. The van der Waals surface area contributed by atoms with Crippen LogP contribution >= 0.6 is 11.6 Å². The molecule has 2 aromatic heterocycles. The molecule has 3 aromatic rings. The maximum Gasteiger partial charge on any atom is 0.414 e. The maximum absolute atomic E-state index is 12.0. The van der Waals surface area contributed by atoms with Crippen molar-refractivity contribution in [2.45, 2.75) is 32.3 Å². The summed E-state index contributed by atoms with van der Waals surface area (Å²) in [5.74, 6) is 0.101. The number of aryl methyl sites for hydroxylation is 1. The van der Waals surface area contributed by atoms with Crippen LogP contribution in [0.1, 0.15) is 31.7 Å². The van der Waals surface area contributed by atoms with E-state index in [0.717, 1.165) is 22.2 Å². The zero-order valence-corrected chi connectivity index (χ0v) is 18.4. The molecule has 0 spiro atoms. The molecule has 162 valence electrons. The Hall–Kier alpha value is -3.13. The van der Waals surface area contributed by atoms with Crippen molar-refractivity contribution in [3.05, 3.63) is 41.2 Å². The predicted octanol–water partition coefficient (Wildman–Crippen LogP) is 4.06. The standard InChI is InChI=1S/C22H23ClN4O4/c1-11(2)14(9-18-20(28)26-22(29)31-18)13-5-6-16(25-21(13)30-4)12-7-15(23)19-17(8-12)24-10-27(19)3/h5-8,10-11,14,18H,9H2,1-4H3,(H,26,28,29). The number of carbonyl (C=O) groups is 2. The Morgan fingerprint density at radius 3 is 2.71 bits per heavy atom. The summed E-state index contributed by atoms with van der Waals surface area (Å²) in [4.78, 5) is 32.5. The number of hydrogen-bond acceptors (Lipinski definition) is 6. The minimum atomic E-state index is -0.824. The third-order valence-corrected chi connectivity index (χ3v) is 5.87. The molecule has 1 fully saturated rings. The van der Waals surface area contributed by atoms with Crippen molar-refractivity contribution < 1.29 is 19.1 Å². The first-order valence-electron chi connectivity index (χ1n) is 9.95. The van der Waals surface area contributed by atoms with E-state index in [9.17, 15) is 9.59 Å². The number of amides is 2. The molecule has 1 aliphatic heterocycles. The average Bonchev–Trinajstić information content (AvgIpc) is 3.26. The monoisotopic (exact) mass is 442 g/mol. The van der Waals surface area contributed by atoms with Crippen molar-refractivity contribution in [3.63, 3.8) is 0 Å². The zero-order valence-electron chi connectivity index (χ0n) is 17.7. The van der Waals surface area contributed by atoms with Gasteiger partial charge in [0.05, 0.1) is 35.2 Å². The molecule has 1 N–H and O–H groups in total. The lowest BCUT2D eigenvalue weighted by atomic mass is 9.84. The number of cyclic esters (lactones) is 1. The summed E-state index contributed by atoms with van der Waals surface area (Å²) in [5.41, 5.74) is 4.01. The Morgan fingerprint density at radius 2 is 2.06 bits per heavy atom. The molecule has 1 aliphatic rings. The second kappa shape index (κ2) is 8.19. The molecule has 9 heteroatoms. The third kappa shape index (κ3) is 3.95. The summed E-state index contributed by atoms with van der Waals surface area (Å²) in [6, 6.07) is 7.63. The van der Waals surface area contributed by atoms with Gasteiger partial charge in [0, 0.05) is 24.6 Å². The highest BCUT2D eigenvalue weighted by Gasteiger charge is 2.36. The fourth-order valence-electron chi connectivity index (χ4n) is 3.98. The topological polar surface area (TPSA) is 95.3 Å². The smallest absolute Gasteiger partial charge is 0.414 e. The van der Waals surface area contributed by atoms with Crippen molar-refractivity contribution in [3.8, 4) is 17.1 Å². The van der Waals surface area contributed by atoms with Gasteiger partial charge in [0.2, 0.25) is 5.88 Å². The number of fused-ring (bicyclic) bond motifs is 1. The van der Waals surface area contributed by atoms with E-state index in [-0.39, 0.29) is 11.8 Å². The third-order valence-electron chi connectivity index (χ3n) is 5.58. The highest BCUT2D eigenvalue weighted by atomic mass is 35.5. The highest BCUT2D eigenvalue weighted by Crippen LogP contribution is 2.38. The van der Waals surface area contributed by atoms with Crippen LogP contribution in [0.3, 0.4) is 0 Å². The van der Waals surface area contributed by atoms with Crippen LogP contribution in [0.2, 0.25) is 5.02 Å². The van der Waals surface area contributed by atoms with Crippen LogP contribution in [0.25, 0.3) is 22.3 Å². The van der Waals surface area contributed by atoms with E-state index >= 15 is 0 Å². The molecule has 1 aromatic carbocycles. The number of aromatic nitrogens is 3. The van der Waals surface area contributed by atoms with E-state index in [1.165, 1.54) is 0 Å². The lowest BCUT2D eigenvalue weighted by Gasteiger charge is -2.24. The first-order valence-corrected chi connectivity index (χ1v) is 10.3. The molecule has 3 heterocycles. The molecule has 0 aliphatic carbocycles. The van der Waals surface area contributed by atoms with Crippen molar-refractivity contribution in [2.75, 3.05) is 7.11 Å². The Balaban J connectivity index is 1.70. The van der Waals surface area contributed by atoms with Crippen molar-refractivity contribution >= 4 is 34.6 Å². The summed E-state index contributed by atoms with van der Waals surface area (Å²) in [5, 5.41) is 2.77. The number of nitrogens with one attached hydrogen (secondary N) is 1. The first-order chi connectivity index (χ1) is 14.8. The first kappa shape index (κ1) is 21.1. The number of rotatable bonds is 6. The van der Waals surface area contributed by atoms with Crippen LogP contribution in [0, 0.1) is 5.92 Å². The lowest BCUT2D eigenvalue weighted by molar-refractivity contribution is -0.123. The number of nitrogens with zero attached hydrogens (tertiary/aromatic N) is 3. The summed E-state index contributed by atoms with van der Waals surface area (Å²) in [6.45, 7) is 4.09. The Labute approximate surface area is 184 Å². The number of carbonyl (C=O) groups excluding carboxylic acids is 2. The highest BCUT2D eigenvalue weighted by molar-refractivity contribution is 6.35. The quantitative estimate of drug-likeness (QED) is 0.618. The molecular formula is C22H23ClN4O4. The van der Waals surface area contributed by atoms with Gasteiger partial charge < -0.3 is 14.0 Å².